The molecule has 0 aromatic heterocycles. The molecule has 3 amide bonds. The molecule has 39 heavy (non-hydrogen) atoms. The Morgan fingerprint density at radius 3 is 2.10 bits per heavy atom. The molecular formula is C30H50N4O5. The van der Waals surface area contributed by atoms with Crippen LogP contribution in [0.5, 0.6) is 0 Å². The third-order valence-electron chi connectivity index (χ3n) is 6.68. The van der Waals surface area contributed by atoms with Crippen molar-refractivity contribution in [2.75, 3.05) is 13.1 Å². The molecule has 0 spiro atoms. The van der Waals surface area contributed by atoms with Crippen LogP contribution in [0.25, 0.3) is 0 Å². The first-order valence-corrected chi connectivity index (χ1v) is 14.5. The number of carbonyl (C=O) groups is 4. The van der Waals surface area contributed by atoms with E-state index in [4.69, 9.17) is 5.73 Å². The molecule has 0 aliphatic carbocycles. The highest BCUT2D eigenvalue weighted by molar-refractivity contribution is 5.93. The van der Waals surface area contributed by atoms with Gasteiger partial charge in [0.2, 0.25) is 17.7 Å². The average molecular weight is 547 g/mol. The molecule has 0 aliphatic rings. The number of unbranched alkanes of at least 4 members (excludes halogenated alkanes) is 7. The summed E-state index contributed by atoms with van der Waals surface area (Å²) in [6.45, 7) is 4.28. The van der Waals surface area contributed by atoms with Crippen molar-refractivity contribution in [3.63, 3.8) is 0 Å². The van der Waals surface area contributed by atoms with Crippen LogP contribution in [-0.4, -0.2) is 53.5 Å². The highest BCUT2D eigenvalue weighted by Crippen LogP contribution is 2.10. The van der Waals surface area contributed by atoms with Crippen LogP contribution in [0.4, 0.5) is 0 Å². The van der Waals surface area contributed by atoms with Gasteiger partial charge in [0.05, 0.1) is 0 Å². The first-order valence-electron chi connectivity index (χ1n) is 14.5. The van der Waals surface area contributed by atoms with E-state index in [0.717, 1.165) is 51.4 Å². The van der Waals surface area contributed by atoms with Gasteiger partial charge in [-0.2, -0.15) is 0 Å². The van der Waals surface area contributed by atoms with Crippen molar-refractivity contribution in [2.45, 2.75) is 115 Å². The van der Waals surface area contributed by atoms with Gasteiger partial charge in [-0.15, -0.1) is 0 Å². The Morgan fingerprint density at radius 2 is 1.44 bits per heavy atom. The smallest absolute Gasteiger partial charge is 0.326 e. The molecule has 1 rings (SSSR count). The number of amides is 3. The minimum Gasteiger partial charge on any atom is -0.480 e. The van der Waals surface area contributed by atoms with Crippen LogP contribution < -0.4 is 21.7 Å². The van der Waals surface area contributed by atoms with Crippen molar-refractivity contribution in [3.8, 4) is 0 Å². The van der Waals surface area contributed by atoms with Gasteiger partial charge >= 0.3 is 5.97 Å². The molecule has 0 saturated heterocycles. The van der Waals surface area contributed by atoms with Gasteiger partial charge in [0.25, 0.3) is 0 Å². The third kappa shape index (κ3) is 16.6. The van der Waals surface area contributed by atoms with E-state index >= 15 is 0 Å². The highest BCUT2D eigenvalue weighted by atomic mass is 16.4. The maximum absolute atomic E-state index is 12.6. The molecule has 1 aromatic rings. The number of nitrogens with two attached hydrogens (primary N) is 1. The fraction of sp³-hybridized carbons (Fsp3) is 0.667. The van der Waals surface area contributed by atoms with E-state index < -0.39 is 23.5 Å². The maximum atomic E-state index is 12.6. The lowest BCUT2D eigenvalue weighted by atomic mass is 10.0. The van der Waals surface area contributed by atoms with E-state index in [1.165, 1.54) is 5.56 Å². The highest BCUT2D eigenvalue weighted by Gasteiger charge is 2.32. The van der Waals surface area contributed by atoms with Gasteiger partial charge in [-0.1, -0.05) is 56.0 Å². The predicted molar refractivity (Wildman–Crippen MR) is 154 cm³/mol. The van der Waals surface area contributed by atoms with Crippen molar-refractivity contribution < 1.29 is 24.3 Å². The average Bonchev–Trinajstić information content (AvgIpc) is 2.89. The summed E-state index contributed by atoms with van der Waals surface area (Å²) in [7, 11) is 0. The third-order valence-corrected chi connectivity index (χ3v) is 6.68. The second kappa shape index (κ2) is 20.0. The van der Waals surface area contributed by atoms with Gasteiger partial charge in [0.1, 0.15) is 11.6 Å². The number of hydrogen-bond donors (Lipinski definition) is 5. The normalized spacial score (nSPS) is 12.0. The fourth-order valence-corrected chi connectivity index (χ4v) is 4.25. The van der Waals surface area contributed by atoms with Crippen LogP contribution in [-0.2, 0) is 25.6 Å². The summed E-state index contributed by atoms with van der Waals surface area (Å²) >= 11 is 0. The second-order valence-electron chi connectivity index (χ2n) is 10.7. The Hall–Kier alpha value is -2.94. The number of aryl methyl sites for hydroxylation is 1. The number of hydrogen-bond acceptors (Lipinski definition) is 5. The summed E-state index contributed by atoms with van der Waals surface area (Å²) in [5.74, 6) is -1.74. The SMILES string of the molecule is CC(C)(NC(=O)CCCCCCCNC(=O)CCCCCc1ccccc1)C(=O)N[C@@H](CCCCN)C(=O)O. The van der Waals surface area contributed by atoms with E-state index in [-0.39, 0.29) is 11.8 Å². The molecule has 0 bridgehead atoms. The quantitative estimate of drug-likeness (QED) is 0.139. The van der Waals surface area contributed by atoms with Crippen molar-refractivity contribution in [1.29, 1.82) is 0 Å². The molecule has 0 aliphatic heterocycles. The number of aliphatic carboxylic acids is 1. The lowest BCUT2D eigenvalue weighted by molar-refractivity contribution is -0.143. The fourth-order valence-electron chi connectivity index (χ4n) is 4.25. The summed E-state index contributed by atoms with van der Waals surface area (Å²) in [5.41, 5.74) is 5.58. The van der Waals surface area contributed by atoms with Crippen molar-refractivity contribution in [1.82, 2.24) is 16.0 Å². The Morgan fingerprint density at radius 1 is 0.821 bits per heavy atom. The molecule has 1 aromatic carbocycles. The monoisotopic (exact) mass is 546 g/mol. The number of carboxylic acids is 1. The van der Waals surface area contributed by atoms with Gasteiger partial charge in [0.15, 0.2) is 0 Å². The lowest BCUT2D eigenvalue weighted by Gasteiger charge is -2.27. The summed E-state index contributed by atoms with van der Waals surface area (Å²) in [6, 6.07) is 9.39. The molecule has 0 radical (unpaired) electrons. The molecule has 6 N–H and O–H groups in total. The number of nitrogens with one attached hydrogen (secondary N) is 3. The zero-order valence-electron chi connectivity index (χ0n) is 23.9. The van der Waals surface area contributed by atoms with Crippen LogP contribution in [0.1, 0.15) is 103 Å². The Bertz CT molecular complexity index is 860. The lowest BCUT2D eigenvalue weighted by Crippen LogP contribution is -2.57. The summed E-state index contributed by atoms with van der Waals surface area (Å²) in [6.07, 6.45) is 11.0. The van der Waals surface area contributed by atoms with Crippen LogP contribution in [0.3, 0.4) is 0 Å². The summed E-state index contributed by atoms with van der Waals surface area (Å²) in [4.78, 5) is 48.3. The maximum Gasteiger partial charge on any atom is 0.326 e. The van der Waals surface area contributed by atoms with Crippen molar-refractivity contribution in [3.05, 3.63) is 35.9 Å². The van der Waals surface area contributed by atoms with Gasteiger partial charge in [0, 0.05) is 19.4 Å². The van der Waals surface area contributed by atoms with Crippen LogP contribution in [0, 0.1) is 0 Å². The predicted octanol–water partition coefficient (Wildman–Crippen LogP) is 3.84. The van der Waals surface area contributed by atoms with Crippen molar-refractivity contribution >= 4 is 23.7 Å². The number of benzene rings is 1. The standard InChI is InChI=1S/C30H50N4O5/c1-30(2,29(39)33-25(28(37)38)19-13-14-22-31)34-27(36)21-11-4-3-5-15-23-32-26(35)20-12-7-10-18-24-16-8-6-9-17-24/h6,8-9,16-17,25H,3-5,7,10-15,18-23,31H2,1-2H3,(H,32,35)(H,33,39)(H,34,36)(H,37,38)/t25-/m0/s1. The molecule has 0 unspecified atom stereocenters. The van der Waals surface area contributed by atoms with Crippen LogP contribution >= 0.6 is 0 Å². The number of carboxylic acid groups (broad SMARTS) is 1. The van der Waals surface area contributed by atoms with Gasteiger partial charge in [-0.25, -0.2) is 4.79 Å². The minimum absolute atomic E-state index is 0.114. The molecular weight excluding hydrogens is 496 g/mol. The first-order chi connectivity index (χ1) is 18.7. The van der Waals surface area contributed by atoms with E-state index in [1.54, 1.807) is 13.8 Å². The van der Waals surface area contributed by atoms with E-state index in [2.05, 4.69) is 40.2 Å². The second-order valence-corrected chi connectivity index (χ2v) is 10.7. The largest absolute Gasteiger partial charge is 0.480 e. The zero-order chi connectivity index (χ0) is 28.9. The molecule has 9 nitrogen and oxygen atoms in total. The van der Waals surface area contributed by atoms with Crippen LogP contribution in [0.15, 0.2) is 30.3 Å². The van der Waals surface area contributed by atoms with E-state index in [0.29, 0.717) is 51.6 Å². The van der Waals surface area contributed by atoms with Crippen molar-refractivity contribution in [2.24, 2.45) is 5.73 Å². The van der Waals surface area contributed by atoms with E-state index in [1.807, 2.05) is 6.07 Å². The topological polar surface area (TPSA) is 151 Å². The molecule has 0 fully saturated rings. The molecule has 9 heteroatoms. The Balaban J connectivity index is 2.07. The molecule has 0 heterocycles. The minimum atomic E-state index is -1.21. The summed E-state index contributed by atoms with van der Waals surface area (Å²) in [5, 5.41) is 17.6. The van der Waals surface area contributed by atoms with Gasteiger partial charge in [-0.3, -0.25) is 14.4 Å². The Labute approximate surface area is 234 Å². The molecule has 1 atom stereocenters. The van der Waals surface area contributed by atoms with Gasteiger partial charge in [-0.05, 0) is 77.3 Å². The van der Waals surface area contributed by atoms with Gasteiger partial charge < -0.3 is 26.8 Å². The zero-order valence-corrected chi connectivity index (χ0v) is 23.9. The molecule has 220 valence electrons. The number of carbonyl (C=O) groups excluding carboxylic acids is 3. The number of rotatable bonds is 22. The van der Waals surface area contributed by atoms with E-state index in [9.17, 15) is 24.3 Å². The summed E-state index contributed by atoms with van der Waals surface area (Å²) < 4.78 is 0. The Kier molecular flexibility index (Phi) is 17.5. The first kappa shape index (κ1) is 34.1. The molecule has 0 saturated carbocycles. The van der Waals surface area contributed by atoms with Crippen LogP contribution in [0.2, 0.25) is 0 Å².